The van der Waals surface area contributed by atoms with E-state index in [1.54, 1.807) is 0 Å². The van der Waals surface area contributed by atoms with Gasteiger partial charge in [-0.15, -0.1) is 0 Å². The summed E-state index contributed by atoms with van der Waals surface area (Å²) < 4.78 is 7.34. The minimum atomic E-state index is 0.813. The quantitative estimate of drug-likeness (QED) is 0.929. The van der Waals surface area contributed by atoms with Crippen LogP contribution < -0.4 is 10.2 Å². The number of benzene rings is 1. The third-order valence-corrected chi connectivity index (χ3v) is 3.86. The van der Waals surface area contributed by atoms with Crippen molar-refractivity contribution >= 4 is 5.69 Å². The van der Waals surface area contributed by atoms with Gasteiger partial charge in [0.05, 0.1) is 24.6 Å². The predicted molar refractivity (Wildman–Crippen MR) is 84.1 cm³/mol. The van der Waals surface area contributed by atoms with Crippen molar-refractivity contribution in [2.45, 2.75) is 13.5 Å². The molecule has 0 saturated carbocycles. The summed E-state index contributed by atoms with van der Waals surface area (Å²) in [6, 6.07) is 8.58. The lowest BCUT2D eigenvalue weighted by Crippen LogP contribution is -2.36. The molecule has 1 saturated heterocycles. The third-order valence-electron chi connectivity index (χ3n) is 3.86. The molecule has 0 atom stereocenters. The van der Waals surface area contributed by atoms with Gasteiger partial charge in [-0.2, -0.15) is 5.10 Å². The minimum Gasteiger partial charge on any atom is -0.378 e. The van der Waals surface area contributed by atoms with E-state index in [0.29, 0.717) is 0 Å². The first-order valence-corrected chi connectivity index (χ1v) is 7.41. The van der Waals surface area contributed by atoms with Crippen LogP contribution in [-0.4, -0.2) is 43.1 Å². The van der Waals surface area contributed by atoms with Crippen LogP contribution in [0.5, 0.6) is 0 Å². The number of morpholine rings is 1. The largest absolute Gasteiger partial charge is 0.378 e. The zero-order valence-corrected chi connectivity index (χ0v) is 12.7. The molecular weight excluding hydrogens is 264 g/mol. The standard InChI is InChI=1S/C16H22N4O/c1-13-14(11-17-2)12-20(18-13)16-5-3-15(4-6-16)19-7-9-21-10-8-19/h3-6,12,17H,7-11H2,1-2H3. The van der Waals surface area contributed by atoms with Crippen LogP contribution in [0.25, 0.3) is 5.69 Å². The van der Waals surface area contributed by atoms with Gasteiger partial charge in [-0.25, -0.2) is 4.68 Å². The van der Waals surface area contributed by atoms with Crippen LogP contribution in [0.3, 0.4) is 0 Å². The molecule has 1 N–H and O–H groups in total. The van der Waals surface area contributed by atoms with Gasteiger partial charge in [-0.05, 0) is 38.2 Å². The molecule has 0 aliphatic carbocycles. The first kappa shape index (κ1) is 14.1. The van der Waals surface area contributed by atoms with Crippen LogP contribution in [0.4, 0.5) is 5.69 Å². The van der Waals surface area contributed by atoms with E-state index in [-0.39, 0.29) is 0 Å². The Labute approximate surface area is 125 Å². The van der Waals surface area contributed by atoms with Crippen LogP contribution in [0.1, 0.15) is 11.3 Å². The van der Waals surface area contributed by atoms with Crippen LogP contribution in [0.2, 0.25) is 0 Å². The number of ether oxygens (including phenoxy) is 1. The molecule has 0 unspecified atom stereocenters. The van der Waals surface area contributed by atoms with Crippen molar-refractivity contribution < 1.29 is 4.74 Å². The molecule has 1 aromatic heterocycles. The van der Waals surface area contributed by atoms with E-state index in [9.17, 15) is 0 Å². The molecular formula is C16H22N4O. The average molecular weight is 286 g/mol. The summed E-state index contributed by atoms with van der Waals surface area (Å²) in [4.78, 5) is 2.36. The molecule has 0 spiro atoms. The number of rotatable bonds is 4. The fourth-order valence-electron chi connectivity index (χ4n) is 2.63. The van der Waals surface area contributed by atoms with Gasteiger partial charge in [0.2, 0.25) is 0 Å². The van der Waals surface area contributed by atoms with Crippen molar-refractivity contribution in [1.29, 1.82) is 0 Å². The smallest absolute Gasteiger partial charge is 0.0647 e. The summed E-state index contributed by atoms with van der Waals surface area (Å²) in [6.07, 6.45) is 2.09. The molecule has 3 rings (SSSR count). The van der Waals surface area contributed by atoms with Crippen molar-refractivity contribution in [2.24, 2.45) is 0 Å². The molecule has 0 amide bonds. The van der Waals surface area contributed by atoms with Gasteiger partial charge in [0.15, 0.2) is 0 Å². The fourth-order valence-corrected chi connectivity index (χ4v) is 2.63. The molecule has 1 fully saturated rings. The average Bonchev–Trinajstić information content (AvgIpc) is 2.90. The topological polar surface area (TPSA) is 42.3 Å². The third kappa shape index (κ3) is 3.09. The highest BCUT2D eigenvalue weighted by molar-refractivity contribution is 5.51. The summed E-state index contributed by atoms with van der Waals surface area (Å²) >= 11 is 0. The lowest BCUT2D eigenvalue weighted by Gasteiger charge is -2.28. The Kier molecular flexibility index (Phi) is 4.22. The molecule has 5 heteroatoms. The second-order valence-corrected chi connectivity index (χ2v) is 5.33. The molecule has 2 aromatic rings. The number of hydrogen-bond acceptors (Lipinski definition) is 4. The van der Waals surface area contributed by atoms with Crippen molar-refractivity contribution in [2.75, 3.05) is 38.3 Å². The van der Waals surface area contributed by atoms with Crippen LogP contribution in [-0.2, 0) is 11.3 Å². The predicted octanol–water partition coefficient (Wildman–Crippen LogP) is 1.74. The minimum absolute atomic E-state index is 0.813. The lowest BCUT2D eigenvalue weighted by atomic mass is 10.2. The van der Waals surface area contributed by atoms with E-state index < -0.39 is 0 Å². The first-order valence-electron chi connectivity index (χ1n) is 7.41. The van der Waals surface area contributed by atoms with Gasteiger partial charge < -0.3 is 15.0 Å². The molecule has 1 aromatic carbocycles. The monoisotopic (exact) mass is 286 g/mol. The van der Waals surface area contributed by atoms with Crippen molar-refractivity contribution in [3.05, 3.63) is 41.7 Å². The summed E-state index contributed by atoms with van der Waals surface area (Å²) in [5, 5.41) is 7.75. The maximum Gasteiger partial charge on any atom is 0.0647 e. The van der Waals surface area contributed by atoms with Crippen LogP contribution in [0.15, 0.2) is 30.5 Å². The zero-order valence-electron chi connectivity index (χ0n) is 12.7. The van der Waals surface area contributed by atoms with E-state index in [1.807, 2.05) is 18.7 Å². The lowest BCUT2D eigenvalue weighted by molar-refractivity contribution is 0.122. The SMILES string of the molecule is CNCc1cn(-c2ccc(N3CCOCC3)cc2)nc1C. The number of nitrogens with zero attached hydrogens (tertiary/aromatic N) is 3. The molecule has 2 heterocycles. The number of anilines is 1. The highest BCUT2D eigenvalue weighted by Crippen LogP contribution is 2.19. The van der Waals surface area contributed by atoms with E-state index in [4.69, 9.17) is 4.74 Å². The summed E-state index contributed by atoms with van der Waals surface area (Å²) in [7, 11) is 1.95. The number of nitrogens with one attached hydrogen (secondary N) is 1. The molecule has 1 aliphatic heterocycles. The molecule has 21 heavy (non-hydrogen) atoms. The first-order chi connectivity index (χ1) is 10.3. The van der Waals surface area contributed by atoms with Gasteiger partial charge in [0.25, 0.3) is 0 Å². The van der Waals surface area contributed by atoms with Gasteiger partial charge in [-0.3, -0.25) is 0 Å². The highest BCUT2D eigenvalue weighted by atomic mass is 16.5. The molecule has 0 bridgehead atoms. The van der Waals surface area contributed by atoms with Crippen molar-refractivity contribution in [3.63, 3.8) is 0 Å². The Hall–Kier alpha value is -1.85. The second kappa shape index (κ2) is 6.28. The summed E-state index contributed by atoms with van der Waals surface area (Å²) in [5.74, 6) is 0. The zero-order chi connectivity index (χ0) is 14.7. The Morgan fingerprint density at radius 1 is 1.14 bits per heavy atom. The van der Waals surface area contributed by atoms with Gasteiger partial charge in [0, 0.05) is 37.1 Å². The van der Waals surface area contributed by atoms with Crippen LogP contribution >= 0.6 is 0 Å². The normalized spacial score (nSPS) is 15.4. The molecule has 1 aliphatic rings. The van der Waals surface area contributed by atoms with Gasteiger partial charge in [-0.1, -0.05) is 0 Å². The molecule has 0 radical (unpaired) electrons. The Morgan fingerprint density at radius 2 is 1.81 bits per heavy atom. The van der Waals surface area contributed by atoms with Crippen LogP contribution in [0, 0.1) is 6.92 Å². The maximum absolute atomic E-state index is 5.39. The molecule has 112 valence electrons. The van der Waals surface area contributed by atoms with E-state index in [0.717, 1.165) is 44.2 Å². The Morgan fingerprint density at radius 3 is 2.48 bits per heavy atom. The highest BCUT2D eigenvalue weighted by Gasteiger charge is 2.11. The molecule has 5 nitrogen and oxygen atoms in total. The van der Waals surface area contributed by atoms with Gasteiger partial charge in [0.1, 0.15) is 0 Å². The fraction of sp³-hybridized carbons (Fsp3) is 0.438. The van der Waals surface area contributed by atoms with E-state index in [1.165, 1.54) is 11.3 Å². The Balaban J connectivity index is 1.78. The van der Waals surface area contributed by atoms with E-state index in [2.05, 4.69) is 45.8 Å². The number of hydrogen-bond donors (Lipinski definition) is 1. The number of aryl methyl sites for hydroxylation is 1. The summed E-state index contributed by atoms with van der Waals surface area (Å²) in [6.45, 7) is 6.45. The summed E-state index contributed by atoms with van der Waals surface area (Å²) in [5.41, 5.74) is 4.65. The number of aromatic nitrogens is 2. The maximum atomic E-state index is 5.39. The van der Waals surface area contributed by atoms with Gasteiger partial charge >= 0.3 is 0 Å². The Bertz CT molecular complexity index is 585. The van der Waals surface area contributed by atoms with Crippen molar-refractivity contribution in [3.8, 4) is 5.69 Å². The van der Waals surface area contributed by atoms with Crippen molar-refractivity contribution in [1.82, 2.24) is 15.1 Å². The van der Waals surface area contributed by atoms with E-state index >= 15 is 0 Å². The second-order valence-electron chi connectivity index (χ2n) is 5.33.